The summed E-state index contributed by atoms with van der Waals surface area (Å²) in [6.45, 7) is 2.79. The molecule has 0 fully saturated rings. The topological polar surface area (TPSA) is 24.9 Å². The molecule has 2 aliphatic rings. The third-order valence-electron chi connectivity index (χ3n) is 3.85. The standard InChI is InChI=1S/C16H16BN2O2/c1-2-7-15-11-21-19(10-13(15)5-1)17-18-9-14-6-3-4-8-16(14)20-12-18/h1-8H,9-12H2. The van der Waals surface area contributed by atoms with Crippen LogP contribution in [0.4, 0.5) is 0 Å². The molecule has 0 atom stereocenters. The molecule has 0 bridgehead atoms. The summed E-state index contributed by atoms with van der Waals surface area (Å²) in [6.07, 6.45) is 0. The quantitative estimate of drug-likeness (QED) is 0.788. The molecule has 21 heavy (non-hydrogen) atoms. The molecule has 2 aromatic rings. The second-order valence-electron chi connectivity index (χ2n) is 5.36. The molecular formula is C16H16BN2O2. The summed E-state index contributed by atoms with van der Waals surface area (Å²) in [4.78, 5) is 9.79. The van der Waals surface area contributed by atoms with Crippen molar-refractivity contribution in [3.05, 3.63) is 65.2 Å². The van der Waals surface area contributed by atoms with E-state index in [0.29, 0.717) is 13.3 Å². The molecule has 105 valence electrons. The zero-order chi connectivity index (χ0) is 14.1. The molecule has 4 rings (SSSR count). The first-order valence-corrected chi connectivity index (χ1v) is 7.14. The van der Waals surface area contributed by atoms with Gasteiger partial charge in [-0.25, -0.2) is 4.97 Å². The molecule has 0 spiro atoms. The summed E-state index contributed by atoms with van der Waals surface area (Å²) in [5.74, 6) is 0.979. The Balaban J connectivity index is 1.42. The first kappa shape index (κ1) is 12.9. The van der Waals surface area contributed by atoms with E-state index in [0.717, 1.165) is 18.8 Å². The van der Waals surface area contributed by atoms with Crippen molar-refractivity contribution in [1.82, 2.24) is 9.79 Å². The number of rotatable bonds is 2. The highest BCUT2D eigenvalue weighted by atomic mass is 16.7. The van der Waals surface area contributed by atoms with E-state index in [9.17, 15) is 0 Å². The third kappa shape index (κ3) is 2.68. The van der Waals surface area contributed by atoms with Crippen molar-refractivity contribution in [3.8, 4) is 5.75 Å². The maximum atomic E-state index is 5.78. The first-order valence-electron chi connectivity index (χ1n) is 7.14. The fraction of sp³-hybridized carbons (Fsp3) is 0.250. The van der Waals surface area contributed by atoms with Crippen molar-refractivity contribution < 1.29 is 9.57 Å². The van der Waals surface area contributed by atoms with Gasteiger partial charge in [0.25, 0.3) is 0 Å². The Bertz CT molecular complexity index is 594. The van der Waals surface area contributed by atoms with Gasteiger partial charge in [0.15, 0.2) is 0 Å². The van der Waals surface area contributed by atoms with Gasteiger partial charge in [-0.1, -0.05) is 42.5 Å². The fourth-order valence-electron chi connectivity index (χ4n) is 2.74. The Morgan fingerprint density at radius 3 is 2.52 bits per heavy atom. The van der Waals surface area contributed by atoms with Gasteiger partial charge in [-0.3, -0.25) is 4.81 Å². The third-order valence-corrected chi connectivity index (χ3v) is 3.85. The molecular weight excluding hydrogens is 263 g/mol. The van der Waals surface area contributed by atoms with Crippen molar-refractivity contribution in [2.75, 3.05) is 6.73 Å². The number of hydrogen-bond donors (Lipinski definition) is 0. The Labute approximate surface area is 125 Å². The first-order chi connectivity index (χ1) is 10.4. The van der Waals surface area contributed by atoms with Crippen LogP contribution in [0.5, 0.6) is 5.75 Å². The highest BCUT2D eigenvalue weighted by Crippen LogP contribution is 2.25. The molecule has 0 N–H and O–H groups in total. The maximum absolute atomic E-state index is 5.78. The predicted octanol–water partition coefficient (Wildman–Crippen LogP) is 2.32. The van der Waals surface area contributed by atoms with E-state index in [1.54, 1.807) is 0 Å². The van der Waals surface area contributed by atoms with Gasteiger partial charge in [-0.2, -0.15) is 0 Å². The van der Waals surface area contributed by atoms with Crippen LogP contribution in [0.3, 0.4) is 0 Å². The van der Waals surface area contributed by atoms with Crippen LogP contribution in [0.1, 0.15) is 16.7 Å². The van der Waals surface area contributed by atoms with Gasteiger partial charge in [0, 0.05) is 18.7 Å². The van der Waals surface area contributed by atoms with Crippen LogP contribution in [0, 0.1) is 0 Å². The SMILES string of the molecule is [B](N1COc2ccccc2C1)N1Cc2ccccc2CO1. The molecule has 2 heterocycles. The number of nitrogens with zero attached hydrogens (tertiary/aromatic N) is 2. The lowest BCUT2D eigenvalue weighted by atomic mass is 10.0. The molecule has 2 aromatic carbocycles. The highest BCUT2D eigenvalue weighted by molar-refractivity contribution is 6.27. The van der Waals surface area contributed by atoms with E-state index in [4.69, 9.17) is 9.57 Å². The van der Waals surface area contributed by atoms with Crippen LogP contribution in [0.25, 0.3) is 0 Å². The van der Waals surface area contributed by atoms with Gasteiger partial charge >= 0.3 is 7.55 Å². The van der Waals surface area contributed by atoms with E-state index < -0.39 is 0 Å². The summed E-state index contributed by atoms with van der Waals surface area (Å²) in [7, 11) is 2.01. The smallest absolute Gasteiger partial charge is 0.346 e. The van der Waals surface area contributed by atoms with E-state index in [1.807, 2.05) is 30.7 Å². The van der Waals surface area contributed by atoms with Gasteiger partial charge in [0.05, 0.1) is 6.61 Å². The van der Waals surface area contributed by atoms with Crippen molar-refractivity contribution >= 4 is 7.55 Å². The van der Waals surface area contributed by atoms with Gasteiger partial charge in [0.2, 0.25) is 0 Å². The van der Waals surface area contributed by atoms with E-state index in [2.05, 4.69) is 35.1 Å². The number of ether oxygens (including phenoxy) is 1. The second-order valence-corrected chi connectivity index (χ2v) is 5.36. The Hall–Kier alpha value is -1.82. The molecule has 0 aliphatic carbocycles. The molecule has 1 radical (unpaired) electrons. The second kappa shape index (κ2) is 5.52. The molecule has 0 aromatic heterocycles. The van der Waals surface area contributed by atoms with E-state index >= 15 is 0 Å². The lowest BCUT2D eigenvalue weighted by Crippen LogP contribution is -2.45. The lowest BCUT2D eigenvalue weighted by molar-refractivity contribution is -0.125. The predicted molar refractivity (Wildman–Crippen MR) is 80.0 cm³/mol. The maximum Gasteiger partial charge on any atom is 0.346 e. The zero-order valence-electron chi connectivity index (χ0n) is 11.7. The van der Waals surface area contributed by atoms with Gasteiger partial charge in [-0.05, 0) is 17.2 Å². The van der Waals surface area contributed by atoms with Gasteiger partial charge < -0.3 is 9.57 Å². The van der Waals surface area contributed by atoms with Crippen LogP contribution < -0.4 is 4.74 Å². The van der Waals surface area contributed by atoms with Crippen LogP contribution in [-0.4, -0.2) is 24.1 Å². The summed E-state index contributed by atoms with van der Waals surface area (Å²) >= 11 is 0. The number of hydroxylamine groups is 1. The zero-order valence-corrected chi connectivity index (χ0v) is 11.7. The number of hydrogen-bond acceptors (Lipinski definition) is 4. The summed E-state index contributed by atoms with van der Waals surface area (Å²) < 4.78 is 5.76. The van der Waals surface area contributed by atoms with Crippen molar-refractivity contribution in [1.29, 1.82) is 0 Å². The minimum absolute atomic E-state index is 0.554. The number of benzene rings is 2. The van der Waals surface area contributed by atoms with Gasteiger partial charge in [-0.15, -0.1) is 0 Å². The van der Waals surface area contributed by atoms with Crippen molar-refractivity contribution in [3.63, 3.8) is 0 Å². The van der Waals surface area contributed by atoms with Crippen LogP contribution >= 0.6 is 0 Å². The van der Waals surface area contributed by atoms with Crippen molar-refractivity contribution in [2.45, 2.75) is 19.7 Å². The minimum atomic E-state index is 0.554. The Morgan fingerprint density at radius 1 is 0.857 bits per heavy atom. The normalized spacial score (nSPS) is 18.5. The highest BCUT2D eigenvalue weighted by Gasteiger charge is 2.24. The minimum Gasteiger partial charge on any atom is -0.479 e. The molecule has 0 unspecified atom stereocenters. The summed E-state index contributed by atoms with van der Waals surface area (Å²) in [6, 6.07) is 16.6. The Morgan fingerprint density at radius 2 is 1.62 bits per heavy atom. The van der Waals surface area contributed by atoms with E-state index in [-0.39, 0.29) is 0 Å². The monoisotopic (exact) mass is 279 g/mol. The molecule has 2 aliphatic heterocycles. The number of fused-ring (bicyclic) bond motifs is 2. The average Bonchev–Trinajstić information content (AvgIpc) is 2.55. The molecule has 4 nitrogen and oxygen atoms in total. The van der Waals surface area contributed by atoms with Crippen molar-refractivity contribution in [2.24, 2.45) is 0 Å². The van der Waals surface area contributed by atoms with Gasteiger partial charge in [0.1, 0.15) is 12.5 Å². The molecule has 0 saturated carbocycles. The summed E-state index contributed by atoms with van der Waals surface area (Å²) in [5.41, 5.74) is 3.79. The molecule has 0 amide bonds. The lowest BCUT2D eigenvalue weighted by Gasteiger charge is -2.34. The summed E-state index contributed by atoms with van der Waals surface area (Å²) in [5, 5.41) is 0. The molecule has 5 heteroatoms. The van der Waals surface area contributed by atoms with E-state index in [1.165, 1.54) is 16.7 Å². The van der Waals surface area contributed by atoms with Crippen LogP contribution in [0.15, 0.2) is 48.5 Å². The average molecular weight is 279 g/mol. The largest absolute Gasteiger partial charge is 0.479 e. The van der Waals surface area contributed by atoms with Crippen LogP contribution in [0.2, 0.25) is 0 Å². The number of para-hydroxylation sites is 1. The Kier molecular flexibility index (Phi) is 3.39. The van der Waals surface area contributed by atoms with Crippen LogP contribution in [-0.2, 0) is 24.5 Å². The fourth-order valence-corrected chi connectivity index (χ4v) is 2.74. The molecule has 0 saturated heterocycles.